The van der Waals surface area contributed by atoms with E-state index in [-0.39, 0.29) is 18.5 Å². The zero-order valence-electron chi connectivity index (χ0n) is 19.3. The van der Waals surface area contributed by atoms with Crippen LogP contribution < -0.4 is 9.62 Å². The van der Waals surface area contributed by atoms with Crippen LogP contribution in [0.3, 0.4) is 0 Å². The Hall–Kier alpha value is -2.10. The first-order valence-electron chi connectivity index (χ1n) is 10.4. The number of aryl methyl sites for hydroxylation is 1. The van der Waals surface area contributed by atoms with Gasteiger partial charge in [-0.25, -0.2) is 8.42 Å². The van der Waals surface area contributed by atoms with Gasteiger partial charge in [0.2, 0.25) is 21.8 Å². The summed E-state index contributed by atoms with van der Waals surface area (Å²) >= 11 is 9.50. The van der Waals surface area contributed by atoms with Crippen molar-refractivity contribution < 1.29 is 18.0 Å². The van der Waals surface area contributed by atoms with Crippen LogP contribution in [-0.2, 0) is 26.2 Å². The second-order valence-corrected chi connectivity index (χ2v) is 11.4. The van der Waals surface area contributed by atoms with E-state index in [1.54, 1.807) is 49.4 Å². The largest absolute Gasteiger partial charge is 0.352 e. The predicted molar refractivity (Wildman–Crippen MR) is 136 cm³/mol. The first kappa shape index (κ1) is 27.1. The molecule has 1 atom stereocenters. The number of halogens is 2. The highest BCUT2D eigenvalue weighted by atomic mass is 79.9. The fourth-order valence-electron chi connectivity index (χ4n) is 3.22. The molecule has 0 saturated heterocycles. The third kappa shape index (κ3) is 7.72. The molecule has 33 heavy (non-hydrogen) atoms. The molecule has 0 fully saturated rings. The van der Waals surface area contributed by atoms with Crippen LogP contribution in [0, 0.1) is 6.92 Å². The molecule has 0 aliphatic carbocycles. The van der Waals surface area contributed by atoms with Gasteiger partial charge in [0.1, 0.15) is 12.6 Å². The molecular formula is C23H29BrClN3O4S. The quantitative estimate of drug-likeness (QED) is 0.502. The summed E-state index contributed by atoms with van der Waals surface area (Å²) in [4.78, 5) is 27.5. The molecule has 0 unspecified atom stereocenters. The molecule has 180 valence electrons. The van der Waals surface area contributed by atoms with E-state index in [2.05, 4.69) is 21.2 Å². The Balaban J connectivity index is 2.41. The molecule has 0 aromatic heterocycles. The molecule has 10 heteroatoms. The number of carbonyl (C=O) groups is 2. The molecule has 0 bridgehead atoms. The highest BCUT2D eigenvalue weighted by molar-refractivity contribution is 9.10. The summed E-state index contributed by atoms with van der Waals surface area (Å²) < 4.78 is 27.0. The van der Waals surface area contributed by atoms with Crippen molar-refractivity contribution in [1.29, 1.82) is 0 Å². The number of anilines is 1. The van der Waals surface area contributed by atoms with Gasteiger partial charge in [-0.3, -0.25) is 13.9 Å². The van der Waals surface area contributed by atoms with Gasteiger partial charge in [0.25, 0.3) is 0 Å². The summed E-state index contributed by atoms with van der Waals surface area (Å²) in [5, 5.41) is 3.31. The van der Waals surface area contributed by atoms with E-state index in [0.717, 1.165) is 26.2 Å². The molecule has 0 aliphatic rings. The third-order valence-electron chi connectivity index (χ3n) is 4.95. The van der Waals surface area contributed by atoms with Gasteiger partial charge in [-0.2, -0.15) is 0 Å². The highest BCUT2D eigenvalue weighted by Crippen LogP contribution is 2.25. The maximum Gasteiger partial charge on any atom is 0.244 e. The molecule has 2 rings (SSSR count). The molecule has 2 aromatic rings. The summed E-state index contributed by atoms with van der Waals surface area (Å²) in [5.41, 5.74) is 1.92. The van der Waals surface area contributed by atoms with Gasteiger partial charge < -0.3 is 10.2 Å². The number of nitrogens with one attached hydrogen (secondary N) is 1. The number of amides is 2. The Morgan fingerprint density at radius 2 is 1.79 bits per heavy atom. The van der Waals surface area contributed by atoms with Gasteiger partial charge in [-0.15, -0.1) is 0 Å². The lowest BCUT2D eigenvalue weighted by molar-refractivity contribution is -0.139. The number of benzene rings is 2. The number of sulfonamides is 1. The van der Waals surface area contributed by atoms with Gasteiger partial charge >= 0.3 is 0 Å². The van der Waals surface area contributed by atoms with E-state index >= 15 is 0 Å². The lowest BCUT2D eigenvalue weighted by Gasteiger charge is -2.32. The number of hydrogen-bond donors (Lipinski definition) is 1. The van der Waals surface area contributed by atoms with Crippen LogP contribution in [0.25, 0.3) is 0 Å². The lowest BCUT2D eigenvalue weighted by Crippen LogP contribution is -2.52. The molecule has 0 saturated carbocycles. The Bertz CT molecular complexity index is 1120. The molecule has 2 amide bonds. The fourth-order valence-corrected chi connectivity index (χ4v) is 4.52. The van der Waals surface area contributed by atoms with Crippen molar-refractivity contribution >= 4 is 55.1 Å². The van der Waals surface area contributed by atoms with Crippen LogP contribution in [0.2, 0.25) is 5.02 Å². The van der Waals surface area contributed by atoms with Crippen molar-refractivity contribution in [3.63, 3.8) is 0 Å². The van der Waals surface area contributed by atoms with Gasteiger partial charge in [0, 0.05) is 22.1 Å². The van der Waals surface area contributed by atoms with Crippen LogP contribution in [-0.4, -0.2) is 50.0 Å². The highest BCUT2D eigenvalue weighted by Gasteiger charge is 2.30. The van der Waals surface area contributed by atoms with Crippen molar-refractivity contribution in [3.8, 4) is 0 Å². The first-order chi connectivity index (χ1) is 15.3. The van der Waals surface area contributed by atoms with Crippen LogP contribution in [0.4, 0.5) is 5.69 Å². The number of nitrogens with zero attached hydrogens (tertiary/aromatic N) is 2. The molecule has 0 aliphatic heterocycles. The second-order valence-electron chi connectivity index (χ2n) is 8.19. The van der Waals surface area contributed by atoms with Crippen LogP contribution in [0.15, 0.2) is 46.9 Å². The maximum atomic E-state index is 13.4. The molecular weight excluding hydrogens is 530 g/mol. The minimum absolute atomic E-state index is 0.100. The summed E-state index contributed by atoms with van der Waals surface area (Å²) in [7, 11) is -3.77. The van der Waals surface area contributed by atoms with Crippen molar-refractivity contribution in [1.82, 2.24) is 10.2 Å². The molecule has 0 spiro atoms. The zero-order valence-corrected chi connectivity index (χ0v) is 22.5. The van der Waals surface area contributed by atoms with E-state index in [0.29, 0.717) is 10.7 Å². The summed E-state index contributed by atoms with van der Waals surface area (Å²) in [5.74, 6) is -0.835. The van der Waals surface area contributed by atoms with E-state index in [4.69, 9.17) is 11.6 Å². The van der Waals surface area contributed by atoms with Crippen molar-refractivity contribution in [3.05, 3.63) is 63.1 Å². The van der Waals surface area contributed by atoms with E-state index < -0.39 is 28.5 Å². The van der Waals surface area contributed by atoms with E-state index in [1.165, 1.54) is 4.90 Å². The third-order valence-corrected chi connectivity index (χ3v) is 7.21. The topological polar surface area (TPSA) is 86.8 Å². The van der Waals surface area contributed by atoms with Gasteiger partial charge in [0.15, 0.2) is 0 Å². The monoisotopic (exact) mass is 557 g/mol. The second kappa shape index (κ2) is 11.4. The summed E-state index contributed by atoms with van der Waals surface area (Å²) in [6.45, 7) is 6.77. The Morgan fingerprint density at radius 3 is 2.33 bits per heavy atom. The Morgan fingerprint density at radius 1 is 1.12 bits per heavy atom. The Labute approximate surface area is 209 Å². The Kier molecular flexibility index (Phi) is 9.34. The number of rotatable bonds is 9. The zero-order chi connectivity index (χ0) is 24.9. The van der Waals surface area contributed by atoms with Gasteiger partial charge in [-0.05, 0) is 69.2 Å². The lowest BCUT2D eigenvalue weighted by atomic mass is 10.1. The summed E-state index contributed by atoms with van der Waals surface area (Å²) in [6, 6.07) is 11.1. The van der Waals surface area contributed by atoms with E-state index in [9.17, 15) is 18.0 Å². The van der Waals surface area contributed by atoms with Crippen LogP contribution in [0.1, 0.15) is 31.9 Å². The van der Waals surface area contributed by atoms with Crippen molar-refractivity contribution in [2.45, 2.75) is 46.3 Å². The standard InChI is InChI=1S/C23H29BrClN3O4S/c1-15(2)26-23(30)17(4)27(13-18-7-6-8-19(25)12-18)22(29)14-28(33(5,31)32)20-9-10-21(24)16(3)11-20/h6-12,15,17H,13-14H2,1-5H3,(H,26,30)/t17-/m1/s1. The predicted octanol–water partition coefficient (Wildman–Crippen LogP) is 4.12. The van der Waals surface area contributed by atoms with Crippen molar-refractivity contribution in [2.75, 3.05) is 17.1 Å². The minimum atomic E-state index is -3.77. The van der Waals surface area contributed by atoms with E-state index in [1.807, 2.05) is 20.8 Å². The summed E-state index contributed by atoms with van der Waals surface area (Å²) in [6.07, 6.45) is 1.05. The first-order valence-corrected chi connectivity index (χ1v) is 13.4. The fraction of sp³-hybridized carbons (Fsp3) is 0.391. The number of hydrogen-bond acceptors (Lipinski definition) is 4. The molecule has 1 N–H and O–H groups in total. The minimum Gasteiger partial charge on any atom is -0.352 e. The van der Waals surface area contributed by atoms with Crippen LogP contribution >= 0.6 is 27.5 Å². The number of carbonyl (C=O) groups excluding carboxylic acids is 2. The average molecular weight is 559 g/mol. The van der Waals surface area contributed by atoms with Crippen molar-refractivity contribution in [2.24, 2.45) is 0 Å². The molecule has 7 nitrogen and oxygen atoms in total. The molecule has 2 aromatic carbocycles. The SMILES string of the molecule is Cc1cc(N(CC(=O)N(Cc2cccc(Cl)c2)[C@H](C)C(=O)NC(C)C)S(C)(=O)=O)ccc1Br. The normalized spacial score (nSPS) is 12.4. The maximum absolute atomic E-state index is 13.4. The smallest absolute Gasteiger partial charge is 0.244 e. The van der Waals surface area contributed by atoms with Gasteiger partial charge in [0.05, 0.1) is 11.9 Å². The van der Waals surface area contributed by atoms with Gasteiger partial charge in [-0.1, -0.05) is 39.7 Å². The average Bonchev–Trinajstić information content (AvgIpc) is 2.70. The van der Waals surface area contributed by atoms with Crippen LogP contribution in [0.5, 0.6) is 0 Å². The molecule has 0 heterocycles. The molecule has 0 radical (unpaired) electrons.